The zero-order valence-electron chi connectivity index (χ0n) is 14.8. The van der Waals surface area contributed by atoms with Crippen molar-refractivity contribution < 1.29 is 17.9 Å². The van der Waals surface area contributed by atoms with Crippen LogP contribution in [0.2, 0.25) is 9.49 Å². The van der Waals surface area contributed by atoms with E-state index in [2.05, 4.69) is 10.3 Å². The molecule has 0 aliphatic heterocycles. The van der Waals surface area contributed by atoms with Crippen LogP contribution in [0.4, 0.5) is 18.9 Å². The Labute approximate surface area is 174 Å². The topological polar surface area (TPSA) is 34.1 Å². The Hall–Kier alpha value is -1.96. The fourth-order valence-corrected chi connectivity index (χ4v) is 3.60. The molecule has 0 amide bonds. The second-order valence-corrected chi connectivity index (χ2v) is 8.19. The van der Waals surface area contributed by atoms with Crippen LogP contribution in [0, 0.1) is 13.8 Å². The Bertz CT molecular complexity index is 982. The van der Waals surface area contributed by atoms with E-state index in [4.69, 9.17) is 27.9 Å². The summed E-state index contributed by atoms with van der Waals surface area (Å²) in [6.45, 7) is 3.93. The van der Waals surface area contributed by atoms with Crippen LogP contribution in [0.25, 0.3) is 0 Å². The maximum absolute atomic E-state index is 13.1. The molecule has 1 heterocycles. The van der Waals surface area contributed by atoms with Gasteiger partial charge in [0.05, 0.1) is 17.8 Å². The van der Waals surface area contributed by atoms with Crippen LogP contribution in [0.3, 0.4) is 0 Å². The number of hydrogen-bond acceptors (Lipinski definition) is 4. The second-order valence-electron chi connectivity index (χ2n) is 6.11. The lowest BCUT2D eigenvalue weighted by molar-refractivity contribution is -0.137. The molecular weight excluding hydrogens is 432 g/mol. The van der Waals surface area contributed by atoms with E-state index in [9.17, 15) is 13.2 Å². The molecule has 0 saturated heterocycles. The third kappa shape index (κ3) is 4.90. The minimum absolute atomic E-state index is 0.213. The van der Waals surface area contributed by atoms with Crippen LogP contribution in [0.5, 0.6) is 11.5 Å². The van der Waals surface area contributed by atoms with Crippen molar-refractivity contribution in [1.29, 1.82) is 0 Å². The van der Waals surface area contributed by atoms with Gasteiger partial charge in [-0.3, -0.25) is 0 Å². The molecule has 28 heavy (non-hydrogen) atoms. The van der Waals surface area contributed by atoms with Crippen molar-refractivity contribution >= 4 is 40.2 Å². The highest BCUT2D eigenvalue weighted by Gasteiger charge is 2.31. The zero-order chi connectivity index (χ0) is 20.5. The van der Waals surface area contributed by atoms with Crippen molar-refractivity contribution in [3.63, 3.8) is 0 Å². The molecule has 3 aromatic rings. The van der Waals surface area contributed by atoms with E-state index in [0.717, 1.165) is 28.1 Å². The lowest BCUT2D eigenvalue weighted by Gasteiger charge is -2.16. The van der Waals surface area contributed by atoms with Crippen molar-refractivity contribution in [2.45, 2.75) is 26.6 Å². The quantitative estimate of drug-likeness (QED) is 0.440. The Kier molecular flexibility index (Phi) is 6.07. The Morgan fingerprint density at radius 2 is 1.79 bits per heavy atom. The van der Waals surface area contributed by atoms with Crippen LogP contribution in [-0.4, -0.2) is 4.98 Å². The van der Waals surface area contributed by atoms with Gasteiger partial charge in [0.15, 0.2) is 10.2 Å². The predicted molar refractivity (Wildman–Crippen MR) is 107 cm³/mol. The van der Waals surface area contributed by atoms with Crippen molar-refractivity contribution in [1.82, 2.24) is 4.98 Å². The van der Waals surface area contributed by atoms with E-state index < -0.39 is 11.7 Å². The van der Waals surface area contributed by atoms with Crippen LogP contribution in [-0.2, 0) is 12.7 Å². The largest absolute Gasteiger partial charge is 0.455 e. The molecule has 9 heteroatoms. The van der Waals surface area contributed by atoms with Crippen LogP contribution in [0.15, 0.2) is 36.5 Å². The van der Waals surface area contributed by atoms with Crippen molar-refractivity contribution in [2.24, 2.45) is 0 Å². The van der Waals surface area contributed by atoms with E-state index >= 15 is 0 Å². The highest BCUT2D eigenvalue weighted by atomic mass is 35.5. The number of aryl methyl sites for hydroxylation is 2. The lowest BCUT2D eigenvalue weighted by atomic mass is 10.1. The first-order chi connectivity index (χ1) is 13.1. The van der Waals surface area contributed by atoms with Gasteiger partial charge in [0.2, 0.25) is 0 Å². The minimum Gasteiger partial charge on any atom is -0.455 e. The lowest BCUT2D eigenvalue weighted by Crippen LogP contribution is -2.07. The first kappa shape index (κ1) is 20.8. The van der Waals surface area contributed by atoms with Crippen molar-refractivity contribution in [3.8, 4) is 11.5 Å². The zero-order valence-corrected chi connectivity index (χ0v) is 17.2. The van der Waals surface area contributed by atoms with Gasteiger partial charge in [-0.05, 0) is 55.3 Å². The van der Waals surface area contributed by atoms with Crippen molar-refractivity contribution in [2.75, 3.05) is 5.32 Å². The number of hydrogen-bond donors (Lipinski definition) is 1. The average molecular weight is 447 g/mol. The standard InChI is InChI=1S/C19H15Cl2F3N2OS/c1-10-5-13(6-11(2)17(10)20)27-16-4-3-12(19(22,23)24)7-15(16)25-8-14-9-26-18(21)28-14/h3-7,9,25H,8H2,1-2H3. The molecule has 0 spiro atoms. The molecule has 1 aromatic heterocycles. The number of benzene rings is 2. The molecule has 3 rings (SSSR count). The number of rotatable bonds is 5. The molecule has 0 aliphatic carbocycles. The molecular formula is C19H15Cl2F3N2OS. The van der Waals surface area contributed by atoms with Crippen molar-refractivity contribution in [3.05, 3.63) is 67.6 Å². The van der Waals surface area contributed by atoms with Crippen LogP contribution in [0.1, 0.15) is 21.6 Å². The Morgan fingerprint density at radius 1 is 1.11 bits per heavy atom. The van der Waals surface area contributed by atoms with Gasteiger partial charge in [-0.15, -0.1) is 11.3 Å². The number of alkyl halides is 3. The van der Waals surface area contributed by atoms with E-state index in [1.54, 1.807) is 18.3 Å². The van der Waals surface area contributed by atoms with Gasteiger partial charge >= 0.3 is 6.18 Å². The first-order valence-electron chi connectivity index (χ1n) is 8.13. The third-order valence-electron chi connectivity index (χ3n) is 3.92. The summed E-state index contributed by atoms with van der Waals surface area (Å²) < 4.78 is 45.6. The van der Waals surface area contributed by atoms with E-state index in [0.29, 0.717) is 15.2 Å². The van der Waals surface area contributed by atoms with Gasteiger partial charge in [0, 0.05) is 16.1 Å². The number of nitrogens with one attached hydrogen (secondary N) is 1. The SMILES string of the molecule is Cc1cc(Oc2ccc(C(F)(F)F)cc2NCc2cnc(Cl)s2)cc(C)c1Cl. The van der Waals surface area contributed by atoms with Gasteiger partial charge in [-0.2, -0.15) is 13.2 Å². The predicted octanol–water partition coefficient (Wildman–Crippen LogP) is 7.49. The highest BCUT2D eigenvalue weighted by Crippen LogP contribution is 2.38. The minimum atomic E-state index is -4.46. The molecule has 0 atom stereocenters. The van der Waals surface area contributed by atoms with E-state index in [-0.39, 0.29) is 18.0 Å². The summed E-state index contributed by atoms with van der Waals surface area (Å²) >= 11 is 13.2. The summed E-state index contributed by atoms with van der Waals surface area (Å²) in [5, 5.41) is 3.60. The summed E-state index contributed by atoms with van der Waals surface area (Å²) in [7, 11) is 0. The summed E-state index contributed by atoms with van der Waals surface area (Å²) in [6.07, 6.45) is -2.89. The first-order valence-corrected chi connectivity index (χ1v) is 9.70. The highest BCUT2D eigenvalue weighted by molar-refractivity contribution is 7.15. The third-order valence-corrected chi connectivity index (χ3v) is 5.63. The monoisotopic (exact) mass is 446 g/mol. The molecule has 0 radical (unpaired) electrons. The van der Waals surface area contributed by atoms with E-state index in [1.807, 2.05) is 13.8 Å². The number of ether oxygens (including phenoxy) is 1. The maximum atomic E-state index is 13.1. The second kappa shape index (κ2) is 8.19. The molecule has 0 saturated carbocycles. The molecule has 148 valence electrons. The van der Waals surface area contributed by atoms with Gasteiger partial charge in [0.1, 0.15) is 5.75 Å². The summed E-state index contributed by atoms with van der Waals surface area (Å²) in [4.78, 5) is 4.71. The molecule has 0 bridgehead atoms. The van der Waals surface area contributed by atoms with Gasteiger partial charge < -0.3 is 10.1 Å². The molecule has 0 unspecified atom stereocenters. The molecule has 0 aliphatic rings. The normalized spacial score (nSPS) is 11.5. The smallest absolute Gasteiger partial charge is 0.416 e. The number of aromatic nitrogens is 1. The van der Waals surface area contributed by atoms with Crippen LogP contribution < -0.4 is 10.1 Å². The average Bonchev–Trinajstić information content (AvgIpc) is 3.03. The fraction of sp³-hybridized carbons (Fsp3) is 0.211. The number of thiazole rings is 1. The van der Waals surface area contributed by atoms with Crippen LogP contribution >= 0.6 is 34.5 Å². The summed E-state index contributed by atoms with van der Waals surface area (Å²) in [5.74, 6) is 0.757. The summed E-state index contributed by atoms with van der Waals surface area (Å²) in [6, 6.07) is 6.77. The number of halogens is 5. The Morgan fingerprint density at radius 3 is 2.36 bits per heavy atom. The molecule has 1 N–H and O–H groups in total. The molecule has 0 fully saturated rings. The maximum Gasteiger partial charge on any atom is 0.416 e. The summed E-state index contributed by atoms with van der Waals surface area (Å²) in [5.41, 5.74) is 1.08. The van der Waals surface area contributed by atoms with Gasteiger partial charge in [0.25, 0.3) is 0 Å². The molecule has 2 aromatic carbocycles. The number of anilines is 1. The molecule has 3 nitrogen and oxygen atoms in total. The van der Waals surface area contributed by atoms with Gasteiger partial charge in [-0.1, -0.05) is 23.2 Å². The van der Waals surface area contributed by atoms with Gasteiger partial charge in [-0.25, -0.2) is 4.98 Å². The Balaban J connectivity index is 1.92. The number of nitrogens with zero attached hydrogens (tertiary/aromatic N) is 1. The van der Waals surface area contributed by atoms with E-state index in [1.165, 1.54) is 17.4 Å². The fourth-order valence-electron chi connectivity index (χ4n) is 2.57.